The molecule has 0 aliphatic heterocycles. The lowest BCUT2D eigenvalue weighted by Crippen LogP contribution is -2.10. The highest BCUT2D eigenvalue weighted by atomic mass is 35.5. The number of alkyl halides is 3. The Kier molecular flexibility index (Phi) is 4.47. The second-order valence-electron chi connectivity index (χ2n) is 4.24. The summed E-state index contributed by atoms with van der Waals surface area (Å²) < 4.78 is 37.3. The molecule has 1 N–H and O–H groups in total. The number of hydrogen-bond donors (Lipinski definition) is 1. The summed E-state index contributed by atoms with van der Waals surface area (Å²) in [5.74, 6) is 0. The molecule has 0 bridgehead atoms. The highest BCUT2D eigenvalue weighted by Crippen LogP contribution is 2.28. The van der Waals surface area contributed by atoms with Crippen molar-refractivity contribution in [2.24, 2.45) is 5.16 Å². The van der Waals surface area contributed by atoms with Crippen molar-refractivity contribution in [3.05, 3.63) is 64.4 Å². The van der Waals surface area contributed by atoms with Gasteiger partial charge in [0, 0.05) is 28.9 Å². The van der Waals surface area contributed by atoms with Crippen LogP contribution < -0.4 is 0 Å². The largest absolute Gasteiger partial charge is 0.417 e. The van der Waals surface area contributed by atoms with E-state index in [9.17, 15) is 13.2 Å². The molecule has 0 amide bonds. The van der Waals surface area contributed by atoms with Crippen LogP contribution in [0.5, 0.6) is 0 Å². The molecule has 1 aromatic heterocycles. The Balaban J connectivity index is 2.23. The minimum Gasteiger partial charge on any atom is -0.411 e. The molecule has 0 saturated carbocycles. The number of benzene rings is 1. The van der Waals surface area contributed by atoms with Gasteiger partial charge in [0.15, 0.2) is 0 Å². The fourth-order valence-corrected chi connectivity index (χ4v) is 1.99. The van der Waals surface area contributed by atoms with Crippen molar-refractivity contribution in [2.45, 2.75) is 12.6 Å². The van der Waals surface area contributed by atoms with Gasteiger partial charge in [-0.2, -0.15) is 13.2 Å². The highest BCUT2D eigenvalue weighted by Gasteiger charge is 2.30. The quantitative estimate of drug-likeness (QED) is 0.525. The molecular weight excluding hydrogens is 305 g/mol. The molecule has 0 aliphatic carbocycles. The fraction of sp³-hybridized carbons (Fsp3) is 0.143. The highest BCUT2D eigenvalue weighted by molar-refractivity contribution is 6.34. The zero-order valence-electron chi connectivity index (χ0n) is 10.6. The van der Waals surface area contributed by atoms with E-state index in [-0.39, 0.29) is 12.1 Å². The molecule has 0 spiro atoms. The van der Waals surface area contributed by atoms with Crippen LogP contribution in [-0.4, -0.2) is 15.9 Å². The molecule has 110 valence electrons. The molecule has 0 radical (unpaired) electrons. The Labute approximate surface area is 123 Å². The lowest BCUT2D eigenvalue weighted by atomic mass is 10.0. The summed E-state index contributed by atoms with van der Waals surface area (Å²) in [6.45, 7) is 0. The number of hydrogen-bond acceptors (Lipinski definition) is 3. The third-order valence-corrected chi connectivity index (χ3v) is 3.14. The van der Waals surface area contributed by atoms with Crippen LogP contribution in [0, 0.1) is 0 Å². The van der Waals surface area contributed by atoms with Crippen LogP contribution in [0.2, 0.25) is 5.02 Å². The van der Waals surface area contributed by atoms with Crippen LogP contribution in [0.1, 0.15) is 16.8 Å². The van der Waals surface area contributed by atoms with Crippen molar-refractivity contribution >= 4 is 17.3 Å². The maximum absolute atomic E-state index is 12.4. The van der Waals surface area contributed by atoms with Gasteiger partial charge in [-0.15, -0.1) is 0 Å². The van der Waals surface area contributed by atoms with Crippen molar-refractivity contribution < 1.29 is 18.4 Å². The second-order valence-corrected chi connectivity index (χ2v) is 4.65. The number of rotatable bonds is 3. The van der Waals surface area contributed by atoms with Crippen LogP contribution in [0.25, 0.3) is 0 Å². The molecule has 0 fully saturated rings. The first-order valence-corrected chi connectivity index (χ1v) is 6.27. The standard InChI is InChI=1S/C14H10ClF3N2O/c15-12-4-2-1-3-11(12)13(20-21)7-10-6-5-9(8-19-10)14(16,17)18/h1-6,8,21H,7H2/b20-13-. The molecule has 7 heteroatoms. The van der Waals surface area contributed by atoms with Gasteiger partial charge in [-0.1, -0.05) is 35.0 Å². The Morgan fingerprint density at radius 3 is 2.43 bits per heavy atom. The van der Waals surface area contributed by atoms with Gasteiger partial charge in [0.05, 0.1) is 11.3 Å². The number of nitrogens with zero attached hydrogens (tertiary/aromatic N) is 2. The van der Waals surface area contributed by atoms with E-state index in [1.54, 1.807) is 24.3 Å². The zero-order valence-corrected chi connectivity index (χ0v) is 11.4. The first-order chi connectivity index (χ1) is 9.91. The lowest BCUT2D eigenvalue weighted by molar-refractivity contribution is -0.137. The number of halogens is 4. The van der Waals surface area contributed by atoms with Gasteiger partial charge >= 0.3 is 6.18 Å². The van der Waals surface area contributed by atoms with Gasteiger partial charge in [-0.3, -0.25) is 4.98 Å². The third kappa shape index (κ3) is 3.72. The molecule has 0 unspecified atom stereocenters. The van der Waals surface area contributed by atoms with Gasteiger partial charge in [-0.25, -0.2) is 0 Å². The van der Waals surface area contributed by atoms with Gasteiger partial charge in [-0.05, 0) is 18.2 Å². The van der Waals surface area contributed by atoms with Crippen LogP contribution in [0.3, 0.4) is 0 Å². The molecule has 1 heterocycles. The van der Waals surface area contributed by atoms with E-state index in [0.717, 1.165) is 12.3 Å². The van der Waals surface area contributed by atoms with Crippen LogP contribution >= 0.6 is 11.6 Å². The van der Waals surface area contributed by atoms with Crippen LogP contribution in [0.4, 0.5) is 13.2 Å². The molecule has 2 aromatic rings. The normalized spacial score (nSPS) is 12.5. The average Bonchev–Trinajstić information content (AvgIpc) is 2.45. The van der Waals surface area contributed by atoms with Crippen LogP contribution in [-0.2, 0) is 12.6 Å². The third-order valence-electron chi connectivity index (χ3n) is 2.81. The average molecular weight is 315 g/mol. The van der Waals surface area contributed by atoms with E-state index in [4.69, 9.17) is 16.8 Å². The minimum atomic E-state index is -4.43. The lowest BCUT2D eigenvalue weighted by Gasteiger charge is -2.08. The molecule has 0 atom stereocenters. The number of oxime groups is 1. The topological polar surface area (TPSA) is 45.5 Å². The summed E-state index contributed by atoms with van der Waals surface area (Å²) in [7, 11) is 0. The Bertz CT molecular complexity index is 654. The second kappa shape index (κ2) is 6.13. The number of pyridine rings is 1. The summed E-state index contributed by atoms with van der Waals surface area (Å²) in [5.41, 5.74) is 0.249. The van der Waals surface area contributed by atoms with E-state index in [2.05, 4.69) is 10.1 Å². The predicted molar refractivity (Wildman–Crippen MR) is 72.7 cm³/mol. The van der Waals surface area contributed by atoms with E-state index in [0.29, 0.717) is 16.3 Å². The van der Waals surface area contributed by atoms with Gasteiger partial charge < -0.3 is 5.21 Å². The van der Waals surface area contributed by atoms with E-state index >= 15 is 0 Å². The smallest absolute Gasteiger partial charge is 0.411 e. The Morgan fingerprint density at radius 1 is 1.19 bits per heavy atom. The monoisotopic (exact) mass is 314 g/mol. The van der Waals surface area contributed by atoms with E-state index in [1.807, 2.05) is 0 Å². The maximum atomic E-state index is 12.4. The first kappa shape index (κ1) is 15.3. The summed E-state index contributed by atoms with van der Waals surface area (Å²) in [6, 6.07) is 8.89. The van der Waals surface area contributed by atoms with Gasteiger partial charge in [0.25, 0.3) is 0 Å². The van der Waals surface area contributed by atoms with E-state index < -0.39 is 11.7 Å². The zero-order chi connectivity index (χ0) is 15.5. The number of aromatic nitrogens is 1. The summed E-state index contributed by atoms with van der Waals surface area (Å²) >= 11 is 5.99. The molecule has 0 aliphatic rings. The Morgan fingerprint density at radius 2 is 1.90 bits per heavy atom. The Hall–Kier alpha value is -2.08. The maximum Gasteiger partial charge on any atom is 0.417 e. The van der Waals surface area contributed by atoms with Gasteiger partial charge in [0.2, 0.25) is 0 Å². The van der Waals surface area contributed by atoms with Crippen molar-refractivity contribution in [3.63, 3.8) is 0 Å². The SMILES string of the molecule is O/N=C(/Cc1ccc(C(F)(F)F)cn1)c1ccccc1Cl. The van der Waals surface area contributed by atoms with Crippen molar-refractivity contribution in [1.82, 2.24) is 4.98 Å². The summed E-state index contributed by atoms with van der Waals surface area (Å²) in [4.78, 5) is 3.73. The van der Waals surface area contributed by atoms with Crippen molar-refractivity contribution in [2.75, 3.05) is 0 Å². The van der Waals surface area contributed by atoms with Gasteiger partial charge in [0.1, 0.15) is 0 Å². The van der Waals surface area contributed by atoms with Crippen LogP contribution in [0.15, 0.2) is 47.8 Å². The van der Waals surface area contributed by atoms with Crippen molar-refractivity contribution in [1.29, 1.82) is 0 Å². The minimum absolute atomic E-state index is 0.0678. The summed E-state index contributed by atoms with van der Waals surface area (Å²) in [5, 5.41) is 12.6. The molecule has 0 saturated heterocycles. The molecule has 3 nitrogen and oxygen atoms in total. The fourth-order valence-electron chi connectivity index (χ4n) is 1.75. The first-order valence-electron chi connectivity index (χ1n) is 5.90. The molecule has 1 aromatic carbocycles. The summed E-state index contributed by atoms with van der Waals surface area (Å²) in [6.07, 6.45) is -3.61. The van der Waals surface area contributed by atoms with E-state index in [1.165, 1.54) is 6.07 Å². The molecular formula is C14H10ClF3N2O. The van der Waals surface area contributed by atoms with Crippen molar-refractivity contribution in [3.8, 4) is 0 Å². The molecule has 21 heavy (non-hydrogen) atoms. The predicted octanol–water partition coefficient (Wildman–Crippen LogP) is 4.17. The molecule has 2 rings (SSSR count).